The first kappa shape index (κ1) is 25.1. The molecule has 2 N–H and O–H groups in total. The van der Waals surface area contributed by atoms with Gasteiger partial charge in [0.2, 0.25) is 0 Å². The summed E-state index contributed by atoms with van der Waals surface area (Å²) in [6, 6.07) is 17.8. The first-order chi connectivity index (χ1) is 16.9. The summed E-state index contributed by atoms with van der Waals surface area (Å²) in [6.07, 6.45) is 0.523. The molecule has 0 radical (unpaired) electrons. The molecule has 0 bridgehead atoms. The van der Waals surface area contributed by atoms with Gasteiger partial charge in [-0.3, -0.25) is 9.69 Å². The number of anilines is 1. The lowest BCUT2D eigenvalue weighted by molar-refractivity contribution is -0.140. The number of allylic oxidation sites excluding steroid dienone is 1. The Hall–Kier alpha value is -4.58. The van der Waals surface area contributed by atoms with E-state index in [1.807, 2.05) is 0 Å². The minimum absolute atomic E-state index is 0.0282. The molecule has 0 aromatic heterocycles. The van der Waals surface area contributed by atoms with Crippen molar-refractivity contribution < 1.29 is 28.6 Å². The molecular weight excluding hydrogens is 450 g/mol. The second-order valence-corrected chi connectivity index (χ2v) is 7.58. The van der Waals surface area contributed by atoms with Crippen LogP contribution in [0.25, 0.3) is 0 Å². The average Bonchev–Trinajstić information content (AvgIpc) is 2.90. The second kappa shape index (κ2) is 11.0. The molecule has 1 unspecified atom stereocenters. The highest BCUT2D eigenvalue weighted by atomic mass is 16.5. The van der Waals surface area contributed by atoms with Crippen molar-refractivity contribution in [2.24, 2.45) is 5.73 Å². The Kier molecular flexibility index (Phi) is 7.89. The van der Waals surface area contributed by atoms with Crippen molar-refractivity contribution in [3.63, 3.8) is 0 Å². The van der Waals surface area contributed by atoms with E-state index in [0.29, 0.717) is 17.7 Å². The van der Waals surface area contributed by atoms with E-state index in [1.165, 1.54) is 26.2 Å². The van der Waals surface area contributed by atoms with Gasteiger partial charge in [-0.1, -0.05) is 42.5 Å². The number of carbonyl (C=O) groups excluding carboxylic acids is 3. The molecule has 3 rings (SSSR count). The van der Waals surface area contributed by atoms with Crippen molar-refractivity contribution in [2.45, 2.75) is 18.8 Å². The van der Waals surface area contributed by atoms with Crippen LogP contribution < -0.4 is 10.6 Å². The Bertz CT molecular complexity index is 1240. The first-order valence-electron chi connectivity index (χ1n) is 10.7. The number of nitrogens with zero attached hydrogens (tertiary/aromatic N) is 2. The van der Waals surface area contributed by atoms with E-state index in [4.69, 9.17) is 19.9 Å². The number of esters is 3. The molecule has 1 heterocycles. The van der Waals surface area contributed by atoms with Crippen molar-refractivity contribution in [1.82, 2.24) is 0 Å². The predicted octanol–water partition coefficient (Wildman–Crippen LogP) is 2.69. The zero-order valence-electron chi connectivity index (χ0n) is 19.6. The van der Waals surface area contributed by atoms with Crippen LogP contribution in [-0.4, -0.2) is 39.2 Å². The van der Waals surface area contributed by atoms with E-state index in [0.717, 1.165) is 5.56 Å². The molecule has 0 saturated carbocycles. The summed E-state index contributed by atoms with van der Waals surface area (Å²) >= 11 is 0. The number of aryl methyl sites for hydroxylation is 1. The summed E-state index contributed by atoms with van der Waals surface area (Å²) in [6.45, 7) is 0. The quantitative estimate of drug-likeness (QED) is 0.474. The number of methoxy groups -OCH3 is 3. The summed E-state index contributed by atoms with van der Waals surface area (Å²) in [4.78, 5) is 39.1. The highest BCUT2D eigenvalue weighted by molar-refractivity contribution is 6.06. The van der Waals surface area contributed by atoms with Gasteiger partial charge in [-0.05, 0) is 29.7 Å². The maximum Gasteiger partial charge on any atom is 0.355 e. The van der Waals surface area contributed by atoms with Crippen LogP contribution in [0.5, 0.6) is 0 Å². The second-order valence-electron chi connectivity index (χ2n) is 7.58. The zero-order valence-corrected chi connectivity index (χ0v) is 19.6. The fraction of sp³-hybridized carbons (Fsp3) is 0.231. The third-order valence-corrected chi connectivity index (χ3v) is 5.62. The number of ether oxygens (including phenoxy) is 3. The van der Waals surface area contributed by atoms with E-state index in [1.54, 1.807) is 54.6 Å². The highest BCUT2D eigenvalue weighted by Crippen LogP contribution is 2.43. The smallest absolute Gasteiger partial charge is 0.355 e. The largest absolute Gasteiger partial charge is 0.469 e. The van der Waals surface area contributed by atoms with E-state index in [9.17, 15) is 19.6 Å². The van der Waals surface area contributed by atoms with Gasteiger partial charge < -0.3 is 19.9 Å². The van der Waals surface area contributed by atoms with Crippen LogP contribution in [0.15, 0.2) is 77.3 Å². The third-order valence-electron chi connectivity index (χ3n) is 5.62. The summed E-state index contributed by atoms with van der Waals surface area (Å²) in [5.74, 6) is -2.97. The number of nitrogens with two attached hydrogens (primary N) is 1. The molecule has 9 nitrogen and oxygen atoms in total. The van der Waals surface area contributed by atoms with E-state index >= 15 is 0 Å². The number of carbonyl (C=O) groups is 3. The van der Waals surface area contributed by atoms with Gasteiger partial charge in [0.15, 0.2) is 0 Å². The Balaban J connectivity index is 2.27. The number of rotatable bonds is 7. The highest BCUT2D eigenvalue weighted by Gasteiger charge is 2.42. The number of hydrogen-bond donors (Lipinski definition) is 1. The lowest BCUT2D eigenvalue weighted by atomic mass is 9.81. The minimum Gasteiger partial charge on any atom is -0.469 e. The fourth-order valence-corrected chi connectivity index (χ4v) is 3.98. The molecule has 0 amide bonds. The zero-order chi connectivity index (χ0) is 25.5. The van der Waals surface area contributed by atoms with Crippen molar-refractivity contribution in [2.75, 3.05) is 26.2 Å². The summed E-state index contributed by atoms with van der Waals surface area (Å²) in [5, 5.41) is 10.1. The molecule has 35 heavy (non-hydrogen) atoms. The molecule has 2 aromatic rings. The van der Waals surface area contributed by atoms with Gasteiger partial charge >= 0.3 is 17.9 Å². The Morgan fingerprint density at radius 1 is 0.971 bits per heavy atom. The third kappa shape index (κ3) is 5.01. The van der Waals surface area contributed by atoms with Crippen LogP contribution in [0.1, 0.15) is 23.5 Å². The summed E-state index contributed by atoms with van der Waals surface area (Å²) in [5.41, 5.74) is 8.08. The van der Waals surface area contributed by atoms with E-state index < -0.39 is 17.9 Å². The topological polar surface area (TPSA) is 132 Å². The van der Waals surface area contributed by atoms with Gasteiger partial charge in [0.05, 0.1) is 44.5 Å². The lowest BCUT2D eigenvalue weighted by Crippen LogP contribution is -2.40. The van der Waals surface area contributed by atoms with Crippen LogP contribution >= 0.6 is 0 Å². The normalized spacial score (nSPS) is 15.4. The van der Waals surface area contributed by atoms with Gasteiger partial charge in [-0.15, -0.1) is 0 Å². The summed E-state index contributed by atoms with van der Waals surface area (Å²) in [7, 11) is 3.69. The Morgan fingerprint density at radius 3 is 2.26 bits per heavy atom. The van der Waals surface area contributed by atoms with Crippen molar-refractivity contribution in [3.8, 4) is 6.07 Å². The molecule has 0 saturated heterocycles. The molecular formula is C26H25N3O6. The molecule has 180 valence electrons. The van der Waals surface area contributed by atoms with Gasteiger partial charge in [0.25, 0.3) is 0 Å². The van der Waals surface area contributed by atoms with E-state index in [-0.39, 0.29) is 35.1 Å². The standard InChI is InChI=1S/C26H25N3O6/c1-33-20(30)13-12-16-8-7-11-18(14-16)29-23(26(32)35-3)22(25(31)34-2)21(19(15-27)24(29)28)17-9-5-4-6-10-17/h4-11,14,21H,12-13,28H2,1-3H3. The molecule has 1 aliphatic rings. The molecule has 0 spiro atoms. The van der Waals surface area contributed by atoms with Crippen LogP contribution in [-0.2, 0) is 35.0 Å². The first-order valence-corrected chi connectivity index (χ1v) is 10.7. The van der Waals surface area contributed by atoms with Gasteiger partial charge in [-0.2, -0.15) is 5.26 Å². The number of hydrogen-bond acceptors (Lipinski definition) is 9. The van der Waals surface area contributed by atoms with Crippen LogP contribution in [0.3, 0.4) is 0 Å². The molecule has 2 aromatic carbocycles. The molecule has 1 aliphatic heterocycles. The number of benzene rings is 2. The van der Waals surface area contributed by atoms with Crippen LogP contribution in [0.2, 0.25) is 0 Å². The molecule has 1 atom stereocenters. The molecule has 0 aliphatic carbocycles. The van der Waals surface area contributed by atoms with Crippen molar-refractivity contribution >= 4 is 23.6 Å². The van der Waals surface area contributed by atoms with Gasteiger partial charge in [-0.25, -0.2) is 9.59 Å². The maximum atomic E-state index is 13.1. The fourth-order valence-electron chi connectivity index (χ4n) is 3.98. The van der Waals surface area contributed by atoms with Crippen LogP contribution in [0, 0.1) is 11.3 Å². The lowest BCUT2D eigenvalue weighted by Gasteiger charge is -2.36. The van der Waals surface area contributed by atoms with E-state index in [2.05, 4.69) is 6.07 Å². The average molecular weight is 476 g/mol. The predicted molar refractivity (Wildman–Crippen MR) is 126 cm³/mol. The van der Waals surface area contributed by atoms with Crippen LogP contribution in [0.4, 0.5) is 5.69 Å². The Morgan fingerprint density at radius 2 is 1.66 bits per heavy atom. The van der Waals surface area contributed by atoms with Crippen molar-refractivity contribution in [1.29, 1.82) is 5.26 Å². The summed E-state index contributed by atoms with van der Waals surface area (Å²) < 4.78 is 14.7. The molecule has 9 heteroatoms. The number of nitriles is 1. The van der Waals surface area contributed by atoms with Gasteiger partial charge in [0, 0.05) is 12.1 Å². The monoisotopic (exact) mass is 475 g/mol. The van der Waals surface area contributed by atoms with Gasteiger partial charge in [0.1, 0.15) is 11.5 Å². The Labute approximate surface area is 203 Å². The minimum atomic E-state index is -0.943. The SMILES string of the molecule is COC(=O)CCc1cccc(N2C(N)=C(C#N)C(c3ccccc3)C(C(=O)OC)=C2C(=O)OC)c1. The van der Waals surface area contributed by atoms with Crippen molar-refractivity contribution in [3.05, 3.63) is 88.4 Å². The molecule has 0 fully saturated rings. The maximum absolute atomic E-state index is 13.1.